The highest BCUT2D eigenvalue weighted by molar-refractivity contribution is 5.80. The van der Waals surface area contributed by atoms with Crippen molar-refractivity contribution in [1.29, 1.82) is 0 Å². The number of rotatable bonds is 4. The number of fused-ring (bicyclic) bond motifs is 1. The summed E-state index contributed by atoms with van der Waals surface area (Å²) in [5.74, 6) is 0.314. The summed E-state index contributed by atoms with van der Waals surface area (Å²) in [7, 11) is 0. The number of Topliss-reactive ketones (excluding diaryl/α,β-unsaturated/α-hetero) is 2. The number of carbonyl (C=O) groups excluding carboxylic acids is 2. The Balaban J connectivity index is 2.30. The van der Waals surface area contributed by atoms with E-state index in [9.17, 15) is 9.59 Å². The molecule has 0 fully saturated rings. The number of benzene rings is 1. The molecule has 0 aromatic heterocycles. The lowest BCUT2D eigenvalue weighted by Crippen LogP contribution is -1.99. The summed E-state index contributed by atoms with van der Waals surface area (Å²) in [6, 6.07) is 5.97. The van der Waals surface area contributed by atoms with Crippen LogP contribution in [0.25, 0.3) is 0 Å². The third-order valence-electron chi connectivity index (χ3n) is 2.84. The monoisotopic (exact) mass is 227 g/mol. The SMILES string of the molecule is CC(=O)CC1=[C]c2c(CC(C)=O)cccc2C1. The van der Waals surface area contributed by atoms with Gasteiger partial charge in [-0.25, -0.2) is 0 Å². The Morgan fingerprint density at radius 1 is 1.18 bits per heavy atom. The van der Waals surface area contributed by atoms with Gasteiger partial charge in [0.15, 0.2) is 0 Å². The molecule has 0 amide bonds. The summed E-state index contributed by atoms with van der Waals surface area (Å²) >= 11 is 0. The summed E-state index contributed by atoms with van der Waals surface area (Å²) in [5.41, 5.74) is 4.26. The zero-order valence-corrected chi connectivity index (χ0v) is 10.2. The smallest absolute Gasteiger partial charge is 0.134 e. The van der Waals surface area contributed by atoms with Crippen molar-refractivity contribution in [3.8, 4) is 0 Å². The standard InChI is InChI=1S/C15H15O2/c1-10(16)6-12-8-14-5-3-4-13(7-11(2)17)15(14)9-12/h3-5H,6-8H2,1-2H3. The van der Waals surface area contributed by atoms with Crippen LogP contribution in [0.3, 0.4) is 0 Å². The van der Waals surface area contributed by atoms with Crippen molar-refractivity contribution in [3.63, 3.8) is 0 Å². The highest BCUT2D eigenvalue weighted by atomic mass is 16.1. The molecular formula is C15H15O2. The molecular weight excluding hydrogens is 212 g/mol. The zero-order chi connectivity index (χ0) is 12.4. The summed E-state index contributed by atoms with van der Waals surface area (Å²) in [6.07, 6.45) is 4.99. The van der Waals surface area contributed by atoms with E-state index in [0.29, 0.717) is 12.8 Å². The van der Waals surface area contributed by atoms with Gasteiger partial charge in [-0.3, -0.25) is 9.59 Å². The van der Waals surface area contributed by atoms with E-state index >= 15 is 0 Å². The minimum Gasteiger partial charge on any atom is -0.300 e. The van der Waals surface area contributed by atoms with Gasteiger partial charge in [0.25, 0.3) is 0 Å². The van der Waals surface area contributed by atoms with Gasteiger partial charge in [0.1, 0.15) is 11.6 Å². The quantitative estimate of drug-likeness (QED) is 0.791. The lowest BCUT2D eigenvalue weighted by Gasteiger charge is -2.04. The van der Waals surface area contributed by atoms with Crippen molar-refractivity contribution in [2.75, 3.05) is 0 Å². The minimum absolute atomic E-state index is 0.153. The molecule has 1 aliphatic carbocycles. The molecule has 0 unspecified atom stereocenters. The Morgan fingerprint density at radius 3 is 2.53 bits per heavy atom. The molecule has 2 rings (SSSR count). The Kier molecular flexibility index (Phi) is 3.23. The topological polar surface area (TPSA) is 34.1 Å². The van der Waals surface area contributed by atoms with E-state index in [1.165, 1.54) is 5.56 Å². The van der Waals surface area contributed by atoms with Crippen molar-refractivity contribution in [2.24, 2.45) is 0 Å². The van der Waals surface area contributed by atoms with Gasteiger partial charge in [0, 0.05) is 12.8 Å². The van der Waals surface area contributed by atoms with E-state index in [-0.39, 0.29) is 11.6 Å². The number of carbonyl (C=O) groups is 2. The van der Waals surface area contributed by atoms with Crippen molar-refractivity contribution in [3.05, 3.63) is 46.5 Å². The van der Waals surface area contributed by atoms with Crippen molar-refractivity contribution in [1.82, 2.24) is 0 Å². The highest BCUT2D eigenvalue weighted by Crippen LogP contribution is 2.28. The van der Waals surface area contributed by atoms with E-state index in [2.05, 4.69) is 6.08 Å². The minimum atomic E-state index is 0.153. The third kappa shape index (κ3) is 2.70. The molecule has 0 saturated heterocycles. The fourth-order valence-corrected chi connectivity index (χ4v) is 2.23. The Bertz CT molecular complexity index is 510. The predicted molar refractivity (Wildman–Crippen MR) is 65.7 cm³/mol. The van der Waals surface area contributed by atoms with E-state index < -0.39 is 0 Å². The number of ketones is 2. The molecule has 0 N–H and O–H groups in total. The second-order valence-electron chi connectivity index (χ2n) is 4.61. The van der Waals surface area contributed by atoms with Gasteiger partial charge in [-0.1, -0.05) is 18.2 Å². The molecule has 0 atom stereocenters. The van der Waals surface area contributed by atoms with E-state index in [4.69, 9.17) is 0 Å². The van der Waals surface area contributed by atoms with Crippen LogP contribution < -0.4 is 0 Å². The van der Waals surface area contributed by atoms with Crippen LogP contribution in [0, 0.1) is 6.08 Å². The molecule has 2 heteroatoms. The van der Waals surface area contributed by atoms with Crippen LogP contribution >= 0.6 is 0 Å². The molecule has 0 heterocycles. The average molecular weight is 227 g/mol. The van der Waals surface area contributed by atoms with Gasteiger partial charge in [-0.05, 0) is 48.6 Å². The largest absolute Gasteiger partial charge is 0.300 e. The molecule has 87 valence electrons. The molecule has 0 saturated carbocycles. The van der Waals surface area contributed by atoms with Crippen molar-refractivity contribution < 1.29 is 9.59 Å². The number of hydrogen-bond donors (Lipinski definition) is 0. The second kappa shape index (κ2) is 4.66. The Morgan fingerprint density at radius 2 is 1.88 bits per heavy atom. The van der Waals surface area contributed by atoms with Crippen molar-refractivity contribution in [2.45, 2.75) is 33.1 Å². The first-order valence-corrected chi connectivity index (χ1v) is 5.77. The van der Waals surface area contributed by atoms with E-state index in [0.717, 1.165) is 23.1 Å². The molecule has 1 aliphatic rings. The second-order valence-corrected chi connectivity index (χ2v) is 4.61. The predicted octanol–water partition coefficient (Wildman–Crippen LogP) is 2.43. The molecule has 17 heavy (non-hydrogen) atoms. The maximum Gasteiger partial charge on any atom is 0.134 e. The maximum absolute atomic E-state index is 11.2. The van der Waals surface area contributed by atoms with Crippen LogP contribution in [0.15, 0.2) is 23.8 Å². The molecule has 2 nitrogen and oxygen atoms in total. The first-order chi connectivity index (χ1) is 8.06. The summed E-state index contributed by atoms with van der Waals surface area (Å²) in [6.45, 7) is 3.18. The first kappa shape index (κ1) is 11.8. The van der Waals surface area contributed by atoms with E-state index in [1.807, 2.05) is 18.2 Å². The van der Waals surface area contributed by atoms with Gasteiger partial charge >= 0.3 is 0 Å². The average Bonchev–Trinajstić information content (AvgIpc) is 2.59. The van der Waals surface area contributed by atoms with Crippen molar-refractivity contribution >= 4 is 11.6 Å². The fraction of sp³-hybridized carbons (Fsp3) is 0.333. The number of allylic oxidation sites excluding steroid dienone is 1. The molecule has 0 aliphatic heterocycles. The summed E-state index contributed by atoms with van der Waals surface area (Å²) in [5, 5.41) is 0. The molecule has 0 spiro atoms. The summed E-state index contributed by atoms with van der Waals surface area (Å²) in [4.78, 5) is 22.3. The van der Waals surface area contributed by atoms with Gasteiger partial charge in [0.05, 0.1) is 0 Å². The van der Waals surface area contributed by atoms with Crippen LogP contribution in [0.5, 0.6) is 0 Å². The molecule has 1 aromatic carbocycles. The molecule has 1 aromatic rings. The number of hydrogen-bond acceptors (Lipinski definition) is 2. The highest BCUT2D eigenvalue weighted by Gasteiger charge is 2.17. The van der Waals surface area contributed by atoms with E-state index in [1.54, 1.807) is 13.8 Å². The van der Waals surface area contributed by atoms with Crippen LogP contribution in [0.1, 0.15) is 37.0 Å². The molecule has 1 radical (unpaired) electrons. The Labute approximate surface area is 101 Å². The van der Waals surface area contributed by atoms with Gasteiger partial charge in [0.2, 0.25) is 0 Å². The van der Waals surface area contributed by atoms with Gasteiger partial charge in [-0.15, -0.1) is 0 Å². The third-order valence-corrected chi connectivity index (χ3v) is 2.84. The first-order valence-electron chi connectivity index (χ1n) is 5.77. The van der Waals surface area contributed by atoms with Gasteiger partial charge < -0.3 is 0 Å². The molecule has 0 bridgehead atoms. The Hall–Kier alpha value is -1.70. The van der Waals surface area contributed by atoms with Crippen LogP contribution in [-0.4, -0.2) is 11.6 Å². The van der Waals surface area contributed by atoms with Crippen LogP contribution in [0.2, 0.25) is 0 Å². The van der Waals surface area contributed by atoms with Gasteiger partial charge in [-0.2, -0.15) is 0 Å². The lowest BCUT2D eigenvalue weighted by molar-refractivity contribution is -0.117. The lowest BCUT2D eigenvalue weighted by atomic mass is 10.00. The summed E-state index contributed by atoms with van der Waals surface area (Å²) < 4.78 is 0. The fourth-order valence-electron chi connectivity index (χ4n) is 2.23. The maximum atomic E-state index is 11.2. The zero-order valence-electron chi connectivity index (χ0n) is 10.2. The van der Waals surface area contributed by atoms with Crippen LogP contribution in [0.4, 0.5) is 0 Å². The van der Waals surface area contributed by atoms with Crippen LogP contribution in [-0.2, 0) is 22.4 Å². The normalized spacial score (nSPS) is 13.2.